The van der Waals surface area contributed by atoms with Gasteiger partial charge in [0, 0.05) is 24.0 Å². The molecule has 3 N–H and O–H groups in total. The lowest BCUT2D eigenvalue weighted by Gasteiger charge is -2.20. The highest BCUT2D eigenvalue weighted by molar-refractivity contribution is 5.89. The topological polar surface area (TPSA) is 73.1 Å². The summed E-state index contributed by atoms with van der Waals surface area (Å²) in [5.74, 6) is 1.63. The molecule has 5 heteroatoms. The molecular formula is C14H18N4O. The lowest BCUT2D eigenvalue weighted by atomic mass is 10.0. The predicted octanol–water partition coefficient (Wildman–Crippen LogP) is 2.05. The molecule has 1 aromatic heterocycles. The van der Waals surface area contributed by atoms with Crippen LogP contribution < -0.4 is 11.1 Å². The second-order valence-corrected chi connectivity index (χ2v) is 5.00. The number of aromatic nitrogens is 2. The second kappa shape index (κ2) is 5.01. The molecule has 0 saturated carbocycles. The minimum Gasteiger partial charge on any atom is -0.381 e. The summed E-state index contributed by atoms with van der Waals surface area (Å²) in [4.78, 5) is 8.57. The van der Waals surface area contributed by atoms with E-state index >= 15 is 0 Å². The Morgan fingerprint density at radius 2 is 2.21 bits per heavy atom. The minimum atomic E-state index is 0.302. The van der Waals surface area contributed by atoms with E-state index < -0.39 is 0 Å². The number of nitrogens with one attached hydrogen (secondary N) is 1. The smallest absolute Gasteiger partial charge is 0.222 e. The van der Waals surface area contributed by atoms with Gasteiger partial charge < -0.3 is 15.8 Å². The van der Waals surface area contributed by atoms with Gasteiger partial charge in [-0.05, 0) is 25.5 Å². The molecule has 2 heterocycles. The molecule has 2 atom stereocenters. The molecule has 1 aliphatic heterocycles. The van der Waals surface area contributed by atoms with Crippen LogP contribution in [0, 0.1) is 5.92 Å². The van der Waals surface area contributed by atoms with Crippen molar-refractivity contribution in [3.63, 3.8) is 0 Å². The van der Waals surface area contributed by atoms with Crippen molar-refractivity contribution in [2.75, 3.05) is 24.3 Å². The van der Waals surface area contributed by atoms with Gasteiger partial charge in [-0.1, -0.05) is 12.1 Å². The van der Waals surface area contributed by atoms with Gasteiger partial charge in [0.05, 0.1) is 12.1 Å². The van der Waals surface area contributed by atoms with Gasteiger partial charge in [0.25, 0.3) is 0 Å². The van der Waals surface area contributed by atoms with Crippen molar-refractivity contribution in [1.29, 1.82) is 0 Å². The summed E-state index contributed by atoms with van der Waals surface area (Å²) >= 11 is 0. The number of benzene rings is 1. The number of nitrogens with zero attached hydrogens (tertiary/aromatic N) is 2. The maximum absolute atomic E-state index is 5.77. The fourth-order valence-electron chi connectivity index (χ4n) is 2.49. The molecule has 0 radical (unpaired) electrons. The van der Waals surface area contributed by atoms with Gasteiger partial charge in [0.15, 0.2) is 0 Å². The van der Waals surface area contributed by atoms with E-state index in [-0.39, 0.29) is 0 Å². The Hall–Kier alpha value is -1.88. The van der Waals surface area contributed by atoms with Crippen molar-refractivity contribution >= 4 is 22.7 Å². The highest BCUT2D eigenvalue weighted by Gasteiger charge is 2.23. The van der Waals surface area contributed by atoms with Gasteiger partial charge in [-0.15, -0.1) is 0 Å². The molecule has 1 fully saturated rings. The molecule has 2 aromatic rings. The Morgan fingerprint density at radius 1 is 1.37 bits per heavy atom. The van der Waals surface area contributed by atoms with Crippen LogP contribution in [0.25, 0.3) is 10.9 Å². The van der Waals surface area contributed by atoms with Crippen LogP contribution in [0.5, 0.6) is 0 Å². The summed E-state index contributed by atoms with van der Waals surface area (Å²) < 4.78 is 5.43. The van der Waals surface area contributed by atoms with Gasteiger partial charge in [-0.25, -0.2) is 4.98 Å². The predicted molar refractivity (Wildman–Crippen MR) is 76.0 cm³/mol. The SMILES string of the molecule is CC(Nc1nc(N)nc2ccccc12)C1CCOC1. The van der Waals surface area contributed by atoms with E-state index in [2.05, 4.69) is 22.2 Å². The summed E-state index contributed by atoms with van der Waals surface area (Å²) in [7, 11) is 0. The molecule has 5 nitrogen and oxygen atoms in total. The van der Waals surface area contributed by atoms with Crippen molar-refractivity contribution in [3.05, 3.63) is 24.3 Å². The molecule has 2 unspecified atom stereocenters. The van der Waals surface area contributed by atoms with Crippen LogP contribution in [0.2, 0.25) is 0 Å². The Labute approximate surface area is 112 Å². The molecule has 19 heavy (non-hydrogen) atoms. The first-order valence-corrected chi connectivity index (χ1v) is 6.60. The van der Waals surface area contributed by atoms with Crippen molar-refractivity contribution in [3.8, 4) is 0 Å². The van der Waals surface area contributed by atoms with Gasteiger partial charge in [0.2, 0.25) is 5.95 Å². The average molecular weight is 258 g/mol. The Balaban J connectivity index is 1.91. The monoisotopic (exact) mass is 258 g/mol. The van der Waals surface area contributed by atoms with Crippen LogP contribution in [-0.4, -0.2) is 29.2 Å². The van der Waals surface area contributed by atoms with E-state index in [1.54, 1.807) is 0 Å². The van der Waals surface area contributed by atoms with Crippen LogP contribution >= 0.6 is 0 Å². The van der Waals surface area contributed by atoms with Crippen LogP contribution in [-0.2, 0) is 4.74 Å². The zero-order valence-corrected chi connectivity index (χ0v) is 11.0. The Bertz CT molecular complexity index is 581. The number of nitrogen functional groups attached to an aromatic ring is 1. The van der Waals surface area contributed by atoms with Crippen LogP contribution in [0.1, 0.15) is 13.3 Å². The Morgan fingerprint density at radius 3 is 3.00 bits per heavy atom. The maximum Gasteiger partial charge on any atom is 0.222 e. The number of fused-ring (bicyclic) bond motifs is 1. The van der Waals surface area contributed by atoms with Crippen LogP contribution in [0.15, 0.2) is 24.3 Å². The van der Waals surface area contributed by atoms with Crippen LogP contribution in [0.3, 0.4) is 0 Å². The number of ether oxygens (including phenoxy) is 1. The number of rotatable bonds is 3. The minimum absolute atomic E-state index is 0.302. The van der Waals surface area contributed by atoms with E-state index in [1.165, 1.54) is 0 Å². The lowest BCUT2D eigenvalue weighted by molar-refractivity contribution is 0.183. The molecular weight excluding hydrogens is 240 g/mol. The molecule has 100 valence electrons. The van der Waals surface area contributed by atoms with Gasteiger partial charge >= 0.3 is 0 Å². The summed E-state index contributed by atoms with van der Waals surface area (Å²) in [5.41, 5.74) is 6.63. The second-order valence-electron chi connectivity index (χ2n) is 5.00. The first kappa shape index (κ1) is 12.2. The van der Waals surface area contributed by atoms with Gasteiger partial charge in [-0.3, -0.25) is 0 Å². The number of nitrogens with two attached hydrogens (primary N) is 1. The molecule has 1 aliphatic rings. The summed E-state index contributed by atoms with van der Waals surface area (Å²) in [6.45, 7) is 3.82. The molecule has 0 spiro atoms. The quantitative estimate of drug-likeness (QED) is 0.881. The van der Waals surface area contributed by atoms with E-state index in [0.717, 1.165) is 36.4 Å². The number of para-hydroxylation sites is 1. The van der Waals surface area contributed by atoms with Crippen molar-refractivity contribution in [2.24, 2.45) is 5.92 Å². The van der Waals surface area contributed by atoms with E-state index in [1.807, 2.05) is 24.3 Å². The standard InChI is InChI=1S/C14H18N4O/c1-9(10-6-7-19-8-10)16-13-11-4-2-3-5-12(11)17-14(15)18-13/h2-5,9-10H,6-8H2,1H3,(H3,15,16,17,18). The zero-order valence-electron chi connectivity index (χ0n) is 11.0. The first-order valence-electron chi connectivity index (χ1n) is 6.60. The van der Waals surface area contributed by atoms with E-state index in [0.29, 0.717) is 17.9 Å². The number of hydrogen-bond donors (Lipinski definition) is 2. The van der Waals surface area contributed by atoms with Crippen molar-refractivity contribution in [2.45, 2.75) is 19.4 Å². The Kier molecular flexibility index (Phi) is 3.21. The first-order chi connectivity index (χ1) is 9.24. The average Bonchev–Trinajstić information content (AvgIpc) is 2.92. The van der Waals surface area contributed by atoms with Crippen molar-refractivity contribution < 1.29 is 4.74 Å². The molecule has 0 bridgehead atoms. The van der Waals surface area contributed by atoms with E-state index in [9.17, 15) is 0 Å². The molecule has 3 rings (SSSR count). The zero-order chi connectivity index (χ0) is 13.2. The molecule has 0 amide bonds. The third-order valence-electron chi connectivity index (χ3n) is 3.66. The lowest BCUT2D eigenvalue weighted by Crippen LogP contribution is -2.26. The van der Waals surface area contributed by atoms with Gasteiger partial charge in [-0.2, -0.15) is 4.98 Å². The highest BCUT2D eigenvalue weighted by atomic mass is 16.5. The largest absolute Gasteiger partial charge is 0.381 e. The molecule has 1 saturated heterocycles. The van der Waals surface area contributed by atoms with E-state index in [4.69, 9.17) is 10.5 Å². The molecule has 0 aliphatic carbocycles. The third kappa shape index (κ3) is 2.46. The van der Waals surface area contributed by atoms with Gasteiger partial charge in [0.1, 0.15) is 5.82 Å². The highest BCUT2D eigenvalue weighted by Crippen LogP contribution is 2.24. The fraction of sp³-hybridized carbons (Fsp3) is 0.429. The van der Waals surface area contributed by atoms with Crippen LogP contribution in [0.4, 0.5) is 11.8 Å². The fourth-order valence-corrected chi connectivity index (χ4v) is 2.49. The summed E-state index contributed by atoms with van der Waals surface area (Å²) in [6.07, 6.45) is 1.09. The molecule has 1 aromatic carbocycles. The normalized spacial score (nSPS) is 20.6. The van der Waals surface area contributed by atoms with Crippen molar-refractivity contribution in [1.82, 2.24) is 9.97 Å². The summed E-state index contributed by atoms with van der Waals surface area (Å²) in [5, 5.41) is 4.46. The maximum atomic E-state index is 5.77. The third-order valence-corrected chi connectivity index (χ3v) is 3.66. The summed E-state index contributed by atoms with van der Waals surface area (Å²) in [6, 6.07) is 8.19. The number of anilines is 2. The number of hydrogen-bond acceptors (Lipinski definition) is 5.